The second kappa shape index (κ2) is 4.98. The van der Waals surface area contributed by atoms with Crippen LogP contribution in [-0.4, -0.2) is 5.78 Å². The van der Waals surface area contributed by atoms with E-state index in [4.69, 9.17) is 0 Å². The van der Waals surface area contributed by atoms with Gasteiger partial charge in [0.2, 0.25) is 0 Å². The van der Waals surface area contributed by atoms with Crippen molar-refractivity contribution >= 4 is 16.9 Å². The first-order valence-electron chi connectivity index (χ1n) is 8.03. The van der Waals surface area contributed by atoms with Gasteiger partial charge in [-0.15, -0.1) is 0 Å². The van der Waals surface area contributed by atoms with Gasteiger partial charge in [0.1, 0.15) is 0 Å². The maximum Gasteiger partial charge on any atom is 0.186 e. The average molecular weight is 280 g/mol. The monoisotopic (exact) mass is 280 g/mol. The van der Waals surface area contributed by atoms with Crippen LogP contribution >= 0.6 is 0 Å². The largest absolute Gasteiger partial charge is 0.289 e. The Labute approximate surface area is 127 Å². The van der Waals surface area contributed by atoms with Crippen molar-refractivity contribution in [2.45, 2.75) is 40.5 Å². The molecule has 0 atom stereocenters. The van der Waals surface area contributed by atoms with Crippen molar-refractivity contribution in [1.29, 1.82) is 0 Å². The second-order valence-corrected chi connectivity index (χ2v) is 7.35. The minimum absolute atomic E-state index is 0.0416. The highest BCUT2D eigenvalue weighted by Crippen LogP contribution is 2.58. The summed E-state index contributed by atoms with van der Waals surface area (Å²) in [6, 6.07) is 8.37. The van der Waals surface area contributed by atoms with E-state index in [0.29, 0.717) is 11.8 Å². The summed E-state index contributed by atoms with van der Waals surface area (Å²) in [5, 5.41) is 0. The van der Waals surface area contributed by atoms with Crippen LogP contribution in [0, 0.1) is 17.3 Å². The van der Waals surface area contributed by atoms with Gasteiger partial charge in [-0.3, -0.25) is 4.79 Å². The molecule has 1 nitrogen and oxygen atoms in total. The van der Waals surface area contributed by atoms with Crippen LogP contribution in [0.1, 0.15) is 51.7 Å². The highest BCUT2D eigenvalue weighted by molar-refractivity contribution is 6.39. The van der Waals surface area contributed by atoms with E-state index in [1.807, 2.05) is 12.1 Å². The third kappa shape index (κ3) is 2.19. The molecule has 2 aliphatic carbocycles. The van der Waals surface area contributed by atoms with Gasteiger partial charge in [0.25, 0.3) is 0 Å². The third-order valence-electron chi connectivity index (χ3n) is 4.56. The fourth-order valence-electron chi connectivity index (χ4n) is 4.18. The molecule has 0 N–H and O–H groups in total. The number of allylic oxidation sites excluding steroid dienone is 4. The van der Waals surface area contributed by atoms with Crippen molar-refractivity contribution in [2.24, 2.45) is 17.3 Å². The first kappa shape index (κ1) is 14.3. The molecule has 0 heterocycles. The standard InChI is InChI=1S/C20H24O/c1-13(2)11-20(12-14(3)4)10-9-17(21)18-15-7-5-6-8-16(15)19(18)20/h5-10,13-14H,11-12H2,1-4H3. The summed E-state index contributed by atoms with van der Waals surface area (Å²) in [6.45, 7) is 9.10. The number of ketones is 1. The zero-order valence-electron chi connectivity index (χ0n) is 13.4. The Morgan fingerprint density at radius 3 is 2.10 bits per heavy atom. The molecular formula is C20H24O. The molecule has 0 aliphatic heterocycles. The van der Waals surface area contributed by atoms with Crippen molar-refractivity contribution in [3.05, 3.63) is 47.5 Å². The fourth-order valence-corrected chi connectivity index (χ4v) is 4.18. The van der Waals surface area contributed by atoms with Crippen molar-refractivity contribution < 1.29 is 4.79 Å². The molecule has 0 saturated carbocycles. The Bertz CT molecular complexity index is 634. The maximum atomic E-state index is 12.3. The number of fused-ring (bicyclic) bond motifs is 3. The smallest absolute Gasteiger partial charge is 0.186 e. The summed E-state index contributed by atoms with van der Waals surface area (Å²) in [5.74, 6) is 1.41. The first-order valence-corrected chi connectivity index (χ1v) is 8.03. The van der Waals surface area contributed by atoms with Crippen molar-refractivity contribution in [3.8, 4) is 0 Å². The van der Waals surface area contributed by atoms with Crippen LogP contribution in [0.5, 0.6) is 0 Å². The van der Waals surface area contributed by atoms with Crippen molar-refractivity contribution in [1.82, 2.24) is 0 Å². The zero-order chi connectivity index (χ0) is 15.2. The van der Waals surface area contributed by atoms with Crippen molar-refractivity contribution in [2.75, 3.05) is 0 Å². The summed E-state index contributed by atoms with van der Waals surface area (Å²) in [6.07, 6.45) is 6.24. The van der Waals surface area contributed by atoms with Crippen LogP contribution in [-0.2, 0) is 4.79 Å². The molecular weight excluding hydrogens is 256 g/mol. The van der Waals surface area contributed by atoms with Gasteiger partial charge >= 0.3 is 0 Å². The molecule has 0 unspecified atom stereocenters. The lowest BCUT2D eigenvalue weighted by atomic mass is 9.58. The van der Waals surface area contributed by atoms with Gasteiger partial charge in [-0.25, -0.2) is 0 Å². The number of hydrogen-bond acceptors (Lipinski definition) is 1. The molecule has 1 heteroatoms. The van der Waals surface area contributed by atoms with Gasteiger partial charge < -0.3 is 0 Å². The lowest BCUT2D eigenvalue weighted by Gasteiger charge is -2.45. The normalized spacial score (nSPS) is 18.9. The minimum Gasteiger partial charge on any atom is -0.289 e. The molecule has 0 radical (unpaired) electrons. The van der Waals surface area contributed by atoms with Crippen LogP contribution in [0.4, 0.5) is 0 Å². The van der Waals surface area contributed by atoms with E-state index in [9.17, 15) is 4.79 Å². The topological polar surface area (TPSA) is 17.1 Å². The summed E-state index contributed by atoms with van der Waals surface area (Å²) >= 11 is 0. The predicted octanol–water partition coefficient (Wildman–Crippen LogP) is 5.13. The molecule has 0 amide bonds. The zero-order valence-corrected chi connectivity index (χ0v) is 13.4. The molecule has 3 rings (SSSR count). The summed E-state index contributed by atoms with van der Waals surface area (Å²) in [4.78, 5) is 12.3. The molecule has 0 fully saturated rings. The number of hydrogen-bond donors (Lipinski definition) is 0. The van der Waals surface area contributed by atoms with Crippen LogP contribution in [0.15, 0.2) is 36.4 Å². The van der Waals surface area contributed by atoms with Crippen LogP contribution in [0.2, 0.25) is 0 Å². The lowest BCUT2D eigenvalue weighted by molar-refractivity contribution is -0.109. The minimum atomic E-state index is 0.0416. The van der Waals surface area contributed by atoms with Crippen LogP contribution in [0.3, 0.4) is 0 Å². The van der Waals surface area contributed by atoms with Crippen molar-refractivity contribution in [3.63, 3.8) is 0 Å². The molecule has 2 aliphatic rings. The molecule has 1 aromatic carbocycles. The predicted molar refractivity (Wildman–Crippen MR) is 88.7 cm³/mol. The lowest BCUT2D eigenvalue weighted by Crippen LogP contribution is -2.33. The van der Waals surface area contributed by atoms with E-state index in [1.165, 1.54) is 11.1 Å². The fraction of sp³-hybridized carbons (Fsp3) is 0.450. The molecule has 0 spiro atoms. The molecule has 1 aromatic rings. The first-order chi connectivity index (χ1) is 9.94. The number of carbonyl (C=O) groups excluding carboxylic acids is 1. The van der Waals surface area contributed by atoms with E-state index < -0.39 is 0 Å². The van der Waals surface area contributed by atoms with Gasteiger partial charge in [-0.1, -0.05) is 58.0 Å². The average Bonchev–Trinajstić information content (AvgIpc) is 2.35. The van der Waals surface area contributed by atoms with E-state index in [-0.39, 0.29) is 11.2 Å². The summed E-state index contributed by atoms with van der Waals surface area (Å²) in [7, 11) is 0. The van der Waals surface area contributed by atoms with Gasteiger partial charge in [-0.05, 0) is 47.5 Å². The number of benzene rings is 1. The Balaban J connectivity index is 2.12. The van der Waals surface area contributed by atoms with E-state index in [2.05, 4.69) is 52.0 Å². The highest BCUT2D eigenvalue weighted by Gasteiger charge is 2.45. The van der Waals surface area contributed by atoms with E-state index in [0.717, 1.165) is 24.0 Å². The molecule has 110 valence electrons. The van der Waals surface area contributed by atoms with Gasteiger partial charge in [0.15, 0.2) is 5.78 Å². The Morgan fingerprint density at radius 2 is 1.52 bits per heavy atom. The van der Waals surface area contributed by atoms with Crippen LogP contribution in [0.25, 0.3) is 11.1 Å². The SMILES string of the molecule is CC(C)CC1(CC(C)C)C=CC(=O)C2=C1c1ccccc12. The second-order valence-electron chi connectivity index (χ2n) is 7.35. The van der Waals surface area contributed by atoms with E-state index in [1.54, 1.807) is 0 Å². The van der Waals surface area contributed by atoms with Gasteiger partial charge in [-0.2, -0.15) is 0 Å². The Morgan fingerprint density at radius 1 is 0.952 bits per heavy atom. The summed E-state index contributed by atoms with van der Waals surface area (Å²) in [5.41, 5.74) is 4.78. The number of rotatable bonds is 4. The van der Waals surface area contributed by atoms with Gasteiger partial charge in [0, 0.05) is 11.0 Å². The highest BCUT2D eigenvalue weighted by atomic mass is 16.1. The maximum absolute atomic E-state index is 12.3. The van der Waals surface area contributed by atoms with Crippen LogP contribution < -0.4 is 0 Å². The number of carbonyl (C=O) groups is 1. The Kier molecular flexibility index (Phi) is 3.39. The quantitative estimate of drug-likeness (QED) is 0.747. The van der Waals surface area contributed by atoms with Gasteiger partial charge in [0.05, 0.1) is 0 Å². The third-order valence-corrected chi connectivity index (χ3v) is 4.56. The summed E-state index contributed by atoms with van der Waals surface area (Å²) < 4.78 is 0. The molecule has 0 saturated heterocycles. The molecule has 0 bridgehead atoms. The molecule has 0 aromatic heterocycles. The van der Waals surface area contributed by atoms with E-state index >= 15 is 0 Å². The molecule has 21 heavy (non-hydrogen) atoms. The Hall–Kier alpha value is -1.63.